The maximum Gasteiger partial charge on any atom is 0.181 e. The molecule has 1 aliphatic heterocycles. The minimum absolute atomic E-state index is 0.0629. The van der Waals surface area contributed by atoms with Crippen molar-refractivity contribution in [1.82, 2.24) is 35.5 Å². The number of rotatable bonds is 4. The number of imidazole rings is 1. The molecular formula is C23H19N7OS. The van der Waals surface area contributed by atoms with Gasteiger partial charge in [0.1, 0.15) is 5.69 Å². The summed E-state index contributed by atoms with van der Waals surface area (Å²) in [6.07, 6.45) is 6.80. The molecule has 6 rings (SSSR count). The lowest BCUT2D eigenvalue weighted by Crippen LogP contribution is -2.20. The predicted octanol–water partition coefficient (Wildman–Crippen LogP) is 4.20. The van der Waals surface area contributed by atoms with Gasteiger partial charge in [-0.15, -0.1) is 11.3 Å². The van der Waals surface area contributed by atoms with Crippen LogP contribution in [0.1, 0.15) is 28.6 Å². The summed E-state index contributed by atoms with van der Waals surface area (Å²) in [6.45, 7) is 3.42. The maximum atomic E-state index is 11.7. The number of nitrogens with zero attached hydrogens (tertiary/aromatic N) is 4. The molecule has 0 amide bonds. The van der Waals surface area contributed by atoms with E-state index in [1.54, 1.807) is 13.1 Å². The Morgan fingerprint density at radius 1 is 1.16 bits per heavy atom. The van der Waals surface area contributed by atoms with Crippen molar-refractivity contribution in [2.45, 2.75) is 13.3 Å². The molecule has 0 spiro atoms. The molecule has 32 heavy (non-hydrogen) atoms. The summed E-state index contributed by atoms with van der Waals surface area (Å²) in [4.78, 5) is 30.6. The lowest BCUT2D eigenvalue weighted by molar-refractivity contribution is 0.102. The number of nitrogens with one attached hydrogen (secondary N) is 3. The van der Waals surface area contributed by atoms with E-state index < -0.39 is 0 Å². The standard InChI is InChI=1S/C23H19N7OS/c1-12(31)17-2-3-18(32-17)15-6-9-25-22-19(15)27-23(28-22)20-16-10-14(11-26-21(16)30-29-20)13-4-7-24-8-5-13/h2-4,6,9-11,24H,5,7-8H2,1H3,(H,25,27,28)(H,26,29,30). The molecule has 6 heterocycles. The first-order chi connectivity index (χ1) is 15.7. The fraction of sp³-hybridized carbons (Fsp3) is 0.174. The van der Waals surface area contributed by atoms with Gasteiger partial charge in [0, 0.05) is 29.4 Å². The number of aromatic amines is 2. The minimum atomic E-state index is 0.0629. The van der Waals surface area contributed by atoms with E-state index in [1.807, 2.05) is 24.4 Å². The van der Waals surface area contributed by atoms with Gasteiger partial charge in [-0.1, -0.05) is 6.08 Å². The highest BCUT2D eigenvalue weighted by atomic mass is 32.1. The van der Waals surface area contributed by atoms with Gasteiger partial charge >= 0.3 is 0 Å². The van der Waals surface area contributed by atoms with E-state index in [-0.39, 0.29) is 5.78 Å². The molecule has 0 aliphatic carbocycles. The normalized spacial score (nSPS) is 14.2. The van der Waals surface area contributed by atoms with Gasteiger partial charge in [-0.3, -0.25) is 9.89 Å². The van der Waals surface area contributed by atoms with Crippen LogP contribution in [0, 0.1) is 0 Å². The highest BCUT2D eigenvalue weighted by Crippen LogP contribution is 2.34. The van der Waals surface area contributed by atoms with E-state index in [0.717, 1.165) is 57.0 Å². The summed E-state index contributed by atoms with van der Waals surface area (Å²) in [5.41, 5.74) is 6.23. The van der Waals surface area contributed by atoms with Gasteiger partial charge in [-0.2, -0.15) is 5.10 Å². The molecule has 0 bridgehead atoms. The number of aromatic nitrogens is 6. The molecule has 8 nitrogen and oxygen atoms in total. The topological polar surface area (TPSA) is 112 Å². The summed E-state index contributed by atoms with van der Waals surface area (Å²) in [5.74, 6) is 0.719. The number of thiophene rings is 1. The van der Waals surface area contributed by atoms with Crippen molar-refractivity contribution in [2.24, 2.45) is 0 Å². The fourth-order valence-electron chi connectivity index (χ4n) is 4.05. The van der Waals surface area contributed by atoms with Crippen LogP contribution >= 0.6 is 11.3 Å². The second kappa shape index (κ2) is 7.47. The third kappa shape index (κ3) is 3.14. The predicted molar refractivity (Wildman–Crippen MR) is 126 cm³/mol. The molecule has 0 radical (unpaired) electrons. The summed E-state index contributed by atoms with van der Waals surface area (Å²) >= 11 is 1.47. The number of hydrogen-bond acceptors (Lipinski definition) is 7. The Kier molecular flexibility index (Phi) is 4.44. The van der Waals surface area contributed by atoms with Gasteiger partial charge < -0.3 is 10.3 Å². The van der Waals surface area contributed by atoms with Crippen molar-refractivity contribution in [1.29, 1.82) is 0 Å². The third-order valence-corrected chi connectivity index (χ3v) is 6.91. The Balaban J connectivity index is 1.47. The van der Waals surface area contributed by atoms with Crippen LogP contribution in [0.4, 0.5) is 0 Å². The average Bonchev–Trinajstić information content (AvgIpc) is 3.56. The minimum Gasteiger partial charge on any atom is -0.335 e. The van der Waals surface area contributed by atoms with E-state index in [4.69, 9.17) is 4.98 Å². The van der Waals surface area contributed by atoms with Gasteiger partial charge in [0.05, 0.1) is 15.8 Å². The molecule has 9 heteroatoms. The Morgan fingerprint density at radius 3 is 2.91 bits per heavy atom. The fourth-order valence-corrected chi connectivity index (χ4v) is 4.98. The lowest BCUT2D eigenvalue weighted by Gasteiger charge is -2.13. The largest absolute Gasteiger partial charge is 0.335 e. The zero-order valence-electron chi connectivity index (χ0n) is 17.3. The van der Waals surface area contributed by atoms with Crippen molar-refractivity contribution in [3.63, 3.8) is 0 Å². The molecule has 158 valence electrons. The van der Waals surface area contributed by atoms with E-state index in [9.17, 15) is 4.79 Å². The highest BCUT2D eigenvalue weighted by molar-refractivity contribution is 7.17. The number of carbonyl (C=O) groups is 1. The maximum absolute atomic E-state index is 11.7. The molecule has 5 aromatic heterocycles. The Hall–Kier alpha value is -3.69. The van der Waals surface area contributed by atoms with Crippen molar-refractivity contribution in [3.8, 4) is 22.0 Å². The van der Waals surface area contributed by atoms with Crippen molar-refractivity contribution in [3.05, 3.63) is 53.2 Å². The van der Waals surface area contributed by atoms with Crippen LogP contribution in [0.5, 0.6) is 0 Å². The van der Waals surface area contributed by atoms with Crippen LogP contribution in [0.15, 0.2) is 42.7 Å². The van der Waals surface area contributed by atoms with E-state index in [0.29, 0.717) is 17.1 Å². The molecule has 0 fully saturated rings. The van der Waals surface area contributed by atoms with Gasteiger partial charge in [-0.05, 0) is 55.3 Å². The van der Waals surface area contributed by atoms with Crippen LogP contribution in [0.3, 0.4) is 0 Å². The first-order valence-electron chi connectivity index (χ1n) is 10.4. The van der Waals surface area contributed by atoms with Gasteiger partial charge in [0.2, 0.25) is 0 Å². The highest BCUT2D eigenvalue weighted by Gasteiger charge is 2.18. The van der Waals surface area contributed by atoms with Crippen molar-refractivity contribution < 1.29 is 4.79 Å². The van der Waals surface area contributed by atoms with E-state index in [1.165, 1.54) is 16.9 Å². The molecule has 0 saturated carbocycles. The smallest absolute Gasteiger partial charge is 0.181 e. The summed E-state index contributed by atoms with van der Waals surface area (Å²) in [5, 5.41) is 11.7. The zero-order valence-corrected chi connectivity index (χ0v) is 18.1. The quantitative estimate of drug-likeness (QED) is 0.360. The van der Waals surface area contributed by atoms with Crippen LogP contribution in [-0.4, -0.2) is 49.0 Å². The number of carbonyl (C=O) groups excluding carboxylic acids is 1. The molecule has 1 aliphatic rings. The molecule has 5 aromatic rings. The molecule has 0 atom stereocenters. The molecule has 0 unspecified atom stereocenters. The Labute approximate surface area is 186 Å². The second-order valence-electron chi connectivity index (χ2n) is 7.74. The van der Waals surface area contributed by atoms with Crippen LogP contribution < -0.4 is 5.32 Å². The van der Waals surface area contributed by atoms with Crippen molar-refractivity contribution >= 4 is 44.9 Å². The van der Waals surface area contributed by atoms with Crippen LogP contribution in [-0.2, 0) is 0 Å². The number of Topliss-reactive ketones (excluding diaryl/α,β-unsaturated/α-hetero) is 1. The van der Waals surface area contributed by atoms with Gasteiger partial charge in [-0.25, -0.2) is 15.0 Å². The third-order valence-electron chi connectivity index (χ3n) is 5.69. The number of pyridine rings is 2. The van der Waals surface area contributed by atoms with Gasteiger partial charge in [0.25, 0.3) is 0 Å². The number of ketones is 1. The summed E-state index contributed by atoms with van der Waals surface area (Å²) in [7, 11) is 0. The number of hydrogen-bond donors (Lipinski definition) is 3. The van der Waals surface area contributed by atoms with E-state index >= 15 is 0 Å². The average molecular weight is 442 g/mol. The molecule has 0 saturated heterocycles. The summed E-state index contributed by atoms with van der Waals surface area (Å²) in [6, 6.07) is 7.88. The number of H-pyrrole nitrogens is 2. The Morgan fingerprint density at radius 2 is 2.09 bits per heavy atom. The van der Waals surface area contributed by atoms with Crippen LogP contribution in [0.25, 0.3) is 49.7 Å². The number of fused-ring (bicyclic) bond motifs is 2. The summed E-state index contributed by atoms with van der Waals surface area (Å²) < 4.78 is 0. The van der Waals surface area contributed by atoms with E-state index in [2.05, 4.69) is 42.6 Å². The second-order valence-corrected chi connectivity index (χ2v) is 8.82. The Bertz CT molecular complexity index is 1520. The SMILES string of the molecule is CC(=O)c1ccc(-c2ccnc3nc(-c4[nH]nc5ncc(C6=CCNCC6)cc45)[nH]c23)s1. The van der Waals surface area contributed by atoms with Crippen LogP contribution in [0.2, 0.25) is 0 Å². The lowest BCUT2D eigenvalue weighted by atomic mass is 10.0. The molecule has 0 aromatic carbocycles. The monoisotopic (exact) mass is 441 g/mol. The molecule has 3 N–H and O–H groups in total. The zero-order chi connectivity index (χ0) is 21.7. The first kappa shape index (κ1) is 19.0. The first-order valence-corrected chi connectivity index (χ1v) is 11.2. The molecular weight excluding hydrogens is 422 g/mol. The van der Waals surface area contributed by atoms with Crippen molar-refractivity contribution in [2.75, 3.05) is 13.1 Å². The van der Waals surface area contributed by atoms with Gasteiger partial charge in [0.15, 0.2) is 22.9 Å².